The maximum atomic E-state index is 12.5. The molecule has 0 saturated heterocycles. The molecule has 1 heterocycles. The Balaban J connectivity index is 1.66. The first-order valence-electron chi connectivity index (χ1n) is 8.91. The molecule has 9 heteroatoms. The number of aliphatic hydroxyl groups is 1. The summed E-state index contributed by atoms with van der Waals surface area (Å²) in [5, 5.41) is 34.0. The Morgan fingerprint density at radius 3 is 2.61 bits per heavy atom. The first kappa shape index (κ1) is 19.9. The Morgan fingerprint density at radius 1 is 1.18 bits per heavy atom. The topological polar surface area (TPSA) is 128 Å². The number of benzene rings is 2. The van der Waals surface area contributed by atoms with E-state index in [2.05, 4.69) is 10.6 Å². The van der Waals surface area contributed by atoms with Crippen LogP contribution in [-0.4, -0.2) is 53.3 Å². The molecule has 2 aromatic carbocycles. The number of carboxylic acids is 1. The predicted octanol–water partition coefficient (Wildman–Crippen LogP) is 0.220. The molecule has 0 fully saturated rings. The maximum absolute atomic E-state index is 12.5. The molecular formula is C19H21BN2O6. The van der Waals surface area contributed by atoms with Crippen LogP contribution in [0.5, 0.6) is 5.75 Å². The molecule has 0 aromatic heterocycles. The van der Waals surface area contributed by atoms with Crippen molar-refractivity contribution in [3.63, 3.8) is 0 Å². The normalized spacial score (nSPS) is 15.5. The number of aromatic carboxylic acids is 1. The molecule has 0 radical (unpaired) electrons. The van der Waals surface area contributed by atoms with Crippen molar-refractivity contribution < 1.29 is 29.5 Å². The van der Waals surface area contributed by atoms with Crippen LogP contribution >= 0.6 is 0 Å². The van der Waals surface area contributed by atoms with E-state index >= 15 is 0 Å². The van der Waals surface area contributed by atoms with Gasteiger partial charge in [0.05, 0.1) is 18.1 Å². The summed E-state index contributed by atoms with van der Waals surface area (Å²) in [6.45, 7) is 1.14. The van der Waals surface area contributed by atoms with Crippen LogP contribution < -0.4 is 15.3 Å². The average Bonchev–Trinajstić information content (AvgIpc) is 2.68. The lowest BCUT2D eigenvalue weighted by atomic mass is 9.72. The van der Waals surface area contributed by atoms with E-state index in [9.17, 15) is 19.7 Å². The smallest absolute Gasteiger partial charge is 0.534 e. The summed E-state index contributed by atoms with van der Waals surface area (Å²) in [7, 11) is -1.35. The lowest BCUT2D eigenvalue weighted by Crippen LogP contribution is -2.53. The van der Waals surface area contributed by atoms with Gasteiger partial charge in [0.2, 0.25) is 0 Å². The molecule has 146 valence electrons. The molecule has 2 aromatic rings. The molecule has 0 saturated carbocycles. The van der Waals surface area contributed by atoms with Crippen molar-refractivity contribution in [2.24, 2.45) is 0 Å². The molecule has 1 unspecified atom stereocenters. The quantitative estimate of drug-likeness (QED) is 0.341. The molecule has 0 bridgehead atoms. The van der Waals surface area contributed by atoms with Crippen molar-refractivity contribution in [2.75, 3.05) is 13.2 Å². The SMILES string of the molecule is O=C(NC1Cc2cccc(C(=O)O)c2OB1O)c1ccc(CNCCO)cc1. The summed E-state index contributed by atoms with van der Waals surface area (Å²) in [4.78, 5) is 23.8. The van der Waals surface area contributed by atoms with E-state index in [-0.39, 0.29) is 30.2 Å². The molecule has 8 nitrogen and oxygen atoms in total. The van der Waals surface area contributed by atoms with Gasteiger partial charge in [-0.1, -0.05) is 24.3 Å². The second-order valence-electron chi connectivity index (χ2n) is 6.49. The van der Waals surface area contributed by atoms with Crippen molar-refractivity contribution in [2.45, 2.75) is 18.9 Å². The lowest BCUT2D eigenvalue weighted by molar-refractivity contribution is 0.0693. The molecule has 0 spiro atoms. The van der Waals surface area contributed by atoms with E-state index in [0.717, 1.165) is 5.56 Å². The van der Waals surface area contributed by atoms with Crippen LogP contribution in [0.4, 0.5) is 0 Å². The number of carbonyl (C=O) groups excluding carboxylic acids is 1. The van der Waals surface area contributed by atoms with Gasteiger partial charge in [-0.25, -0.2) is 4.79 Å². The van der Waals surface area contributed by atoms with Gasteiger partial charge in [0, 0.05) is 18.7 Å². The number of aliphatic hydroxyl groups excluding tert-OH is 1. The maximum Gasteiger partial charge on any atom is 0.547 e. The highest BCUT2D eigenvalue weighted by atomic mass is 16.5. The summed E-state index contributed by atoms with van der Waals surface area (Å²) in [5.74, 6) is -2.07. The number of carbonyl (C=O) groups is 2. The van der Waals surface area contributed by atoms with Gasteiger partial charge in [-0.05, 0) is 35.7 Å². The molecule has 3 rings (SSSR count). The second-order valence-corrected chi connectivity index (χ2v) is 6.49. The number of carboxylic acid groups (broad SMARTS) is 1. The molecule has 1 aliphatic rings. The van der Waals surface area contributed by atoms with Crippen LogP contribution in [0.2, 0.25) is 0 Å². The predicted molar refractivity (Wildman–Crippen MR) is 102 cm³/mol. The zero-order chi connectivity index (χ0) is 20.1. The zero-order valence-corrected chi connectivity index (χ0v) is 15.1. The van der Waals surface area contributed by atoms with Gasteiger partial charge in [-0.3, -0.25) is 4.79 Å². The Bertz CT molecular complexity index is 858. The molecule has 5 N–H and O–H groups in total. The van der Waals surface area contributed by atoms with Crippen molar-refractivity contribution in [3.05, 3.63) is 64.7 Å². The first-order valence-corrected chi connectivity index (χ1v) is 8.91. The number of hydrogen-bond acceptors (Lipinski definition) is 6. The Kier molecular flexibility index (Phi) is 6.30. The molecule has 1 atom stereocenters. The zero-order valence-electron chi connectivity index (χ0n) is 15.1. The fourth-order valence-electron chi connectivity index (χ4n) is 3.05. The third kappa shape index (κ3) is 4.51. The molecule has 0 aliphatic carbocycles. The van der Waals surface area contributed by atoms with Gasteiger partial charge >= 0.3 is 13.1 Å². The number of para-hydroxylation sites is 1. The van der Waals surface area contributed by atoms with Gasteiger partial charge in [-0.2, -0.15) is 0 Å². The van der Waals surface area contributed by atoms with E-state index < -0.39 is 19.0 Å². The summed E-state index contributed by atoms with van der Waals surface area (Å²) < 4.78 is 5.38. The minimum absolute atomic E-state index is 0.0216. The number of rotatable bonds is 7. The second kappa shape index (κ2) is 8.88. The van der Waals surface area contributed by atoms with Crippen molar-refractivity contribution in [1.29, 1.82) is 0 Å². The van der Waals surface area contributed by atoms with Crippen molar-refractivity contribution in [1.82, 2.24) is 10.6 Å². The molecular weight excluding hydrogens is 363 g/mol. The van der Waals surface area contributed by atoms with E-state index in [1.807, 2.05) is 12.1 Å². The average molecular weight is 384 g/mol. The molecule has 28 heavy (non-hydrogen) atoms. The van der Waals surface area contributed by atoms with Gasteiger partial charge < -0.3 is 30.5 Å². The third-order valence-electron chi connectivity index (χ3n) is 4.50. The summed E-state index contributed by atoms with van der Waals surface area (Å²) in [5.41, 5.74) is 2.00. The van der Waals surface area contributed by atoms with Crippen molar-refractivity contribution >= 4 is 19.0 Å². The highest BCUT2D eigenvalue weighted by molar-refractivity contribution is 6.47. The minimum atomic E-state index is -1.35. The summed E-state index contributed by atoms with van der Waals surface area (Å²) in [6, 6.07) is 11.7. The van der Waals surface area contributed by atoms with Gasteiger partial charge in [0.15, 0.2) is 0 Å². The minimum Gasteiger partial charge on any atom is -0.534 e. The van der Waals surface area contributed by atoms with Crippen molar-refractivity contribution in [3.8, 4) is 5.75 Å². The van der Waals surface area contributed by atoms with E-state index in [4.69, 9.17) is 9.76 Å². The van der Waals surface area contributed by atoms with E-state index in [0.29, 0.717) is 24.2 Å². The Hall–Kier alpha value is -2.88. The summed E-state index contributed by atoms with van der Waals surface area (Å²) in [6.07, 6.45) is 0.256. The third-order valence-corrected chi connectivity index (χ3v) is 4.50. The van der Waals surface area contributed by atoms with Crippen LogP contribution in [0, 0.1) is 0 Å². The van der Waals surface area contributed by atoms with Crippen LogP contribution in [0.25, 0.3) is 0 Å². The standard InChI is InChI=1S/C19H21BN2O6/c23-9-8-21-11-12-4-6-13(7-5-12)18(24)22-16-10-14-2-1-3-15(19(25)26)17(14)28-20(16)27/h1-7,16,21,23,27H,8-11H2,(H,22,24)(H,25,26). The highest BCUT2D eigenvalue weighted by Gasteiger charge is 2.37. The first-order chi connectivity index (χ1) is 13.5. The highest BCUT2D eigenvalue weighted by Crippen LogP contribution is 2.30. The van der Waals surface area contributed by atoms with Gasteiger partial charge in [0.25, 0.3) is 5.91 Å². The fourth-order valence-corrected chi connectivity index (χ4v) is 3.05. The van der Waals surface area contributed by atoms with E-state index in [1.54, 1.807) is 24.3 Å². The van der Waals surface area contributed by atoms with Crippen LogP contribution in [-0.2, 0) is 13.0 Å². The fraction of sp³-hybridized carbons (Fsp3) is 0.263. The van der Waals surface area contributed by atoms with Crippen LogP contribution in [0.15, 0.2) is 42.5 Å². The van der Waals surface area contributed by atoms with Crippen LogP contribution in [0.3, 0.4) is 0 Å². The molecule has 1 amide bonds. The Labute approximate surface area is 162 Å². The van der Waals surface area contributed by atoms with Crippen LogP contribution in [0.1, 0.15) is 31.8 Å². The number of nitrogens with one attached hydrogen (secondary N) is 2. The molecule has 1 aliphatic heterocycles. The number of amides is 1. The number of hydrogen-bond donors (Lipinski definition) is 5. The van der Waals surface area contributed by atoms with E-state index in [1.165, 1.54) is 6.07 Å². The largest absolute Gasteiger partial charge is 0.547 e. The van der Waals surface area contributed by atoms with Gasteiger partial charge in [-0.15, -0.1) is 0 Å². The van der Waals surface area contributed by atoms with Gasteiger partial charge in [0.1, 0.15) is 5.75 Å². The summed E-state index contributed by atoms with van der Waals surface area (Å²) >= 11 is 0. The number of fused-ring (bicyclic) bond motifs is 1. The monoisotopic (exact) mass is 384 g/mol. The lowest BCUT2D eigenvalue weighted by Gasteiger charge is -2.28. The Morgan fingerprint density at radius 2 is 1.93 bits per heavy atom.